The highest BCUT2D eigenvalue weighted by Crippen LogP contribution is 2.71. The van der Waals surface area contributed by atoms with Crippen LogP contribution in [0.1, 0.15) is 103 Å². The normalized spacial score (nSPS) is 27.4. The first-order valence-electron chi connectivity index (χ1n) is 11.4. The van der Waals surface area contributed by atoms with Gasteiger partial charge in [-0.2, -0.15) is 0 Å². The summed E-state index contributed by atoms with van der Waals surface area (Å²) in [5.41, 5.74) is 4.40. The molecule has 0 heterocycles. The van der Waals surface area contributed by atoms with Crippen LogP contribution in [-0.2, 0) is 0 Å². The van der Waals surface area contributed by atoms with Crippen LogP contribution >= 0.6 is 7.05 Å². The van der Waals surface area contributed by atoms with Crippen LogP contribution in [0.3, 0.4) is 0 Å². The monoisotopic (exact) mass is 359 g/mol. The maximum absolute atomic E-state index is 5.89. The van der Waals surface area contributed by atoms with Gasteiger partial charge in [0.2, 0.25) is 0 Å². The number of nitrogens with zero attached hydrogens (tertiary/aromatic N) is 1. The van der Waals surface area contributed by atoms with Crippen molar-refractivity contribution in [3.8, 4) is 0 Å². The molecule has 25 heavy (non-hydrogen) atoms. The van der Waals surface area contributed by atoms with Crippen molar-refractivity contribution in [3.63, 3.8) is 0 Å². The molecule has 0 aromatic carbocycles. The van der Waals surface area contributed by atoms with Crippen LogP contribution in [0, 0.1) is 0 Å². The molecule has 0 unspecified atom stereocenters. The Balaban J connectivity index is 1.76. The van der Waals surface area contributed by atoms with Crippen molar-refractivity contribution in [2.24, 2.45) is 4.74 Å². The standard InChI is InChI=1S/C23H38NP/c1-4-14-21(15-5-1)25(22-16-6-2-7-17-22,23-18-8-3-9-19-23)24-20-12-10-11-13-20/h10-12,21-23H,1-9,13-19H2. The summed E-state index contributed by atoms with van der Waals surface area (Å²) in [6.45, 7) is 0. The summed E-state index contributed by atoms with van der Waals surface area (Å²) in [6.07, 6.45) is 30.4. The van der Waals surface area contributed by atoms with Gasteiger partial charge in [0.15, 0.2) is 0 Å². The lowest BCUT2D eigenvalue weighted by atomic mass is 9.99. The van der Waals surface area contributed by atoms with E-state index in [-0.39, 0.29) is 0 Å². The van der Waals surface area contributed by atoms with Gasteiger partial charge in [0.1, 0.15) is 0 Å². The van der Waals surface area contributed by atoms with E-state index in [4.69, 9.17) is 4.74 Å². The average molecular weight is 360 g/mol. The molecule has 0 bridgehead atoms. The first kappa shape index (κ1) is 18.1. The minimum absolute atomic E-state index is 0.981. The molecule has 4 aliphatic carbocycles. The number of hydrogen-bond acceptors (Lipinski definition) is 1. The van der Waals surface area contributed by atoms with Gasteiger partial charge in [-0.1, -0.05) is 69.9 Å². The fourth-order valence-electron chi connectivity index (χ4n) is 6.36. The Kier molecular flexibility index (Phi) is 6.22. The minimum atomic E-state index is -1.25. The summed E-state index contributed by atoms with van der Waals surface area (Å²) in [7, 11) is -1.25. The molecule has 0 saturated heterocycles. The molecule has 0 amide bonds. The molecular weight excluding hydrogens is 321 g/mol. The van der Waals surface area contributed by atoms with Crippen LogP contribution < -0.4 is 0 Å². The molecule has 4 aliphatic rings. The first-order valence-corrected chi connectivity index (χ1v) is 13.3. The minimum Gasteiger partial charge on any atom is -0.271 e. The molecule has 0 atom stereocenters. The number of allylic oxidation sites excluding steroid dienone is 3. The van der Waals surface area contributed by atoms with Gasteiger partial charge in [-0.3, -0.25) is 4.74 Å². The van der Waals surface area contributed by atoms with Crippen molar-refractivity contribution in [1.82, 2.24) is 0 Å². The second-order valence-electron chi connectivity index (χ2n) is 9.06. The highest BCUT2D eigenvalue weighted by Gasteiger charge is 2.44. The summed E-state index contributed by atoms with van der Waals surface area (Å²) in [4.78, 5) is 0. The predicted molar refractivity (Wildman–Crippen MR) is 112 cm³/mol. The topological polar surface area (TPSA) is 12.4 Å². The van der Waals surface area contributed by atoms with Gasteiger partial charge in [0.25, 0.3) is 0 Å². The maximum atomic E-state index is 5.89. The maximum Gasteiger partial charge on any atom is 0.0425 e. The molecule has 0 aromatic heterocycles. The average Bonchev–Trinajstić information content (AvgIpc) is 3.21. The van der Waals surface area contributed by atoms with Gasteiger partial charge >= 0.3 is 0 Å². The van der Waals surface area contributed by atoms with Crippen LogP contribution in [0.15, 0.2) is 28.7 Å². The third kappa shape index (κ3) is 3.87. The van der Waals surface area contributed by atoms with Crippen molar-refractivity contribution < 1.29 is 0 Å². The molecule has 140 valence electrons. The molecule has 0 N–H and O–H groups in total. The van der Waals surface area contributed by atoms with E-state index in [1.54, 1.807) is 0 Å². The summed E-state index contributed by atoms with van der Waals surface area (Å²) in [5, 5.41) is 0. The van der Waals surface area contributed by atoms with Crippen molar-refractivity contribution in [1.29, 1.82) is 0 Å². The Hall–Kier alpha value is -0.290. The summed E-state index contributed by atoms with van der Waals surface area (Å²) in [5.74, 6) is 0. The molecule has 1 nitrogen and oxygen atoms in total. The Morgan fingerprint density at radius 1 is 0.640 bits per heavy atom. The van der Waals surface area contributed by atoms with E-state index in [2.05, 4.69) is 18.2 Å². The summed E-state index contributed by atoms with van der Waals surface area (Å²) < 4.78 is 5.89. The first-order chi connectivity index (χ1) is 12.4. The Morgan fingerprint density at radius 3 is 1.44 bits per heavy atom. The van der Waals surface area contributed by atoms with Gasteiger partial charge in [-0.05, 0) is 68.6 Å². The van der Waals surface area contributed by atoms with Crippen LogP contribution in [0.2, 0.25) is 0 Å². The van der Waals surface area contributed by atoms with Gasteiger partial charge in [-0.15, -0.1) is 0 Å². The van der Waals surface area contributed by atoms with Crippen LogP contribution in [0.5, 0.6) is 0 Å². The lowest BCUT2D eigenvalue weighted by Crippen LogP contribution is -2.31. The zero-order chi connectivity index (χ0) is 17.0. The molecular formula is C23H38NP. The van der Waals surface area contributed by atoms with Gasteiger partial charge < -0.3 is 0 Å². The quantitative estimate of drug-likeness (QED) is 0.450. The van der Waals surface area contributed by atoms with Crippen LogP contribution in [-0.4, -0.2) is 17.0 Å². The second-order valence-corrected chi connectivity index (χ2v) is 13.0. The van der Waals surface area contributed by atoms with E-state index in [0.717, 1.165) is 23.4 Å². The zero-order valence-corrected chi connectivity index (χ0v) is 17.1. The molecule has 0 radical (unpaired) electrons. The summed E-state index contributed by atoms with van der Waals surface area (Å²) in [6, 6.07) is 0. The molecule has 3 saturated carbocycles. The van der Waals surface area contributed by atoms with Gasteiger partial charge in [-0.25, -0.2) is 0 Å². The van der Waals surface area contributed by atoms with E-state index in [9.17, 15) is 0 Å². The molecule has 0 spiro atoms. The lowest BCUT2D eigenvalue weighted by Gasteiger charge is -2.48. The molecule has 0 aromatic rings. The van der Waals surface area contributed by atoms with Crippen LogP contribution in [0.25, 0.3) is 0 Å². The molecule has 3 fully saturated rings. The third-order valence-electron chi connectivity index (χ3n) is 7.53. The summed E-state index contributed by atoms with van der Waals surface area (Å²) >= 11 is 0. The fraction of sp³-hybridized carbons (Fsp3) is 0.826. The largest absolute Gasteiger partial charge is 0.271 e. The van der Waals surface area contributed by atoms with E-state index < -0.39 is 7.05 Å². The van der Waals surface area contributed by atoms with Crippen LogP contribution in [0.4, 0.5) is 0 Å². The van der Waals surface area contributed by atoms with Crippen molar-refractivity contribution in [3.05, 3.63) is 23.9 Å². The third-order valence-corrected chi connectivity index (χ3v) is 13.2. The molecule has 2 heteroatoms. The second kappa shape index (κ2) is 8.60. The SMILES string of the molecule is C1=CCC(N=P(C2CCCCC2)(C2CCCCC2)C2CCCCC2)=C1. The van der Waals surface area contributed by atoms with E-state index in [0.29, 0.717) is 0 Å². The number of rotatable bonds is 4. The molecule has 0 aliphatic heterocycles. The van der Waals surface area contributed by atoms with Gasteiger partial charge in [0.05, 0.1) is 0 Å². The molecule has 4 rings (SSSR count). The van der Waals surface area contributed by atoms with Crippen molar-refractivity contribution >= 4 is 7.05 Å². The predicted octanol–water partition coefficient (Wildman–Crippen LogP) is 8.03. The smallest absolute Gasteiger partial charge is 0.0425 e. The zero-order valence-electron chi connectivity index (χ0n) is 16.2. The fourth-order valence-corrected chi connectivity index (χ4v) is 12.8. The highest BCUT2D eigenvalue weighted by atomic mass is 31.2. The van der Waals surface area contributed by atoms with Gasteiger partial charge in [0, 0.05) is 12.1 Å². The van der Waals surface area contributed by atoms with E-state index in [1.165, 1.54) is 102 Å². The Labute approximate surface area is 155 Å². The van der Waals surface area contributed by atoms with Crippen molar-refractivity contribution in [2.45, 2.75) is 120 Å². The van der Waals surface area contributed by atoms with Crippen molar-refractivity contribution in [2.75, 3.05) is 0 Å². The number of hydrogen-bond donors (Lipinski definition) is 0. The highest BCUT2D eigenvalue weighted by molar-refractivity contribution is 7.68. The lowest BCUT2D eigenvalue weighted by molar-refractivity contribution is 0.455. The van der Waals surface area contributed by atoms with E-state index in [1.807, 2.05) is 0 Å². The van der Waals surface area contributed by atoms with E-state index >= 15 is 0 Å². The Morgan fingerprint density at radius 2 is 1.08 bits per heavy atom. The Bertz CT molecular complexity index is 488.